The summed E-state index contributed by atoms with van der Waals surface area (Å²) >= 11 is 0. The summed E-state index contributed by atoms with van der Waals surface area (Å²) in [7, 11) is 0. The maximum absolute atomic E-state index is 14.3. The lowest BCUT2D eigenvalue weighted by Gasteiger charge is -2.48. The molecule has 1 saturated carbocycles. The number of likely N-dealkylation sites (tertiary alicyclic amines) is 1. The van der Waals surface area contributed by atoms with Crippen LogP contribution in [0.5, 0.6) is 0 Å². The molecule has 5 rings (SSSR count). The molecule has 194 valence electrons. The molecule has 2 heterocycles. The summed E-state index contributed by atoms with van der Waals surface area (Å²) in [5.74, 6) is 0.884. The smallest absolute Gasteiger partial charge is 0.310 e. The molecule has 3 aliphatic rings. The lowest BCUT2D eigenvalue weighted by Crippen LogP contribution is -2.56. The van der Waals surface area contributed by atoms with Gasteiger partial charge in [0.2, 0.25) is 0 Å². The van der Waals surface area contributed by atoms with Crippen LogP contribution in [0.1, 0.15) is 94.7 Å². The highest BCUT2D eigenvalue weighted by atomic mass is 16.2. The number of unbranched alkanes of at least 4 members (excludes halogenated alkanes) is 3. The molecule has 0 aromatic heterocycles. The minimum absolute atomic E-state index is 0.00307. The third kappa shape index (κ3) is 5.64. The van der Waals surface area contributed by atoms with Crippen molar-refractivity contribution in [1.29, 1.82) is 0 Å². The number of hydrogen-bond donors (Lipinski definition) is 0. The van der Waals surface area contributed by atoms with Gasteiger partial charge in [0.1, 0.15) is 0 Å². The van der Waals surface area contributed by atoms with Gasteiger partial charge >= 0.3 is 6.03 Å². The van der Waals surface area contributed by atoms with Crippen LogP contribution in [0.2, 0.25) is 0 Å². The van der Waals surface area contributed by atoms with Crippen molar-refractivity contribution in [2.24, 2.45) is 5.92 Å². The van der Waals surface area contributed by atoms with E-state index < -0.39 is 0 Å². The molecule has 0 bridgehead atoms. The monoisotopic (exact) mass is 487 g/mol. The minimum atomic E-state index is -0.00307. The van der Waals surface area contributed by atoms with Crippen LogP contribution in [-0.4, -0.2) is 48.1 Å². The van der Waals surface area contributed by atoms with E-state index >= 15 is 0 Å². The summed E-state index contributed by atoms with van der Waals surface area (Å²) in [6.45, 7) is 6.55. The number of nitrogens with zero attached hydrogens (tertiary/aromatic N) is 3. The van der Waals surface area contributed by atoms with Gasteiger partial charge in [0.25, 0.3) is 0 Å². The second-order valence-electron chi connectivity index (χ2n) is 11.3. The number of para-hydroxylation sites is 1. The molecule has 2 aliphatic heterocycles. The van der Waals surface area contributed by atoms with Gasteiger partial charge in [-0.25, -0.2) is 4.79 Å². The van der Waals surface area contributed by atoms with Gasteiger partial charge in [0, 0.05) is 37.8 Å². The number of piperidine rings is 1. The normalized spacial score (nSPS) is 22.1. The lowest BCUT2D eigenvalue weighted by atomic mass is 9.87. The summed E-state index contributed by atoms with van der Waals surface area (Å²) in [4.78, 5) is 21.3. The third-order valence-electron chi connectivity index (χ3n) is 8.79. The van der Waals surface area contributed by atoms with Crippen molar-refractivity contribution in [3.05, 3.63) is 65.7 Å². The van der Waals surface area contributed by atoms with E-state index in [1.807, 2.05) is 0 Å². The van der Waals surface area contributed by atoms with Gasteiger partial charge in [0.15, 0.2) is 0 Å². The van der Waals surface area contributed by atoms with Crippen molar-refractivity contribution in [1.82, 2.24) is 9.80 Å². The van der Waals surface area contributed by atoms with E-state index in [0.717, 1.165) is 50.5 Å². The Bertz CT molecular complexity index is 962. The van der Waals surface area contributed by atoms with E-state index in [1.165, 1.54) is 69.0 Å². The van der Waals surface area contributed by atoms with Gasteiger partial charge in [-0.3, -0.25) is 4.90 Å². The van der Waals surface area contributed by atoms with Crippen molar-refractivity contribution < 1.29 is 4.79 Å². The highest BCUT2D eigenvalue weighted by Crippen LogP contribution is 2.43. The Labute approximate surface area is 218 Å². The first-order valence-corrected chi connectivity index (χ1v) is 14.7. The highest BCUT2D eigenvalue weighted by Gasteiger charge is 2.42. The number of carbonyl (C=O) groups is 1. The fraction of sp³-hybridized carbons (Fsp3) is 0.594. The molecule has 1 unspecified atom stereocenters. The maximum Gasteiger partial charge on any atom is 0.325 e. The van der Waals surface area contributed by atoms with E-state index in [2.05, 4.69) is 76.2 Å². The number of benzene rings is 2. The zero-order valence-corrected chi connectivity index (χ0v) is 22.3. The molecule has 36 heavy (non-hydrogen) atoms. The minimum Gasteiger partial charge on any atom is -0.310 e. The highest BCUT2D eigenvalue weighted by molar-refractivity contribution is 5.96. The molecule has 2 fully saturated rings. The van der Waals surface area contributed by atoms with Gasteiger partial charge in [-0.2, -0.15) is 0 Å². The van der Waals surface area contributed by atoms with Crippen molar-refractivity contribution >= 4 is 11.7 Å². The van der Waals surface area contributed by atoms with Gasteiger partial charge in [0.05, 0.1) is 11.7 Å². The zero-order chi connectivity index (χ0) is 24.7. The second kappa shape index (κ2) is 12.3. The average molecular weight is 488 g/mol. The summed E-state index contributed by atoms with van der Waals surface area (Å²) < 4.78 is 0. The molecule has 0 spiro atoms. The van der Waals surface area contributed by atoms with Crippen molar-refractivity contribution in [3.8, 4) is 0 Å². The average Bonchev–Trinajstić information content (AvgIpc) is 2.93. The van der Waals surface area contributed by atoms with Crippen LogP contribution in [0, 0.1) is 5.92 Å². The Kier molecular flexibility index (Phi) is 8.63. The fourth-order valence-electron chi connectivity index (χ4n) is 6.84. The molecule has 4 nitrogen and oxygen atoms in total. The Morgan fingerprint density at radius 2 is 1.53 bits per heavy atom. The Morgan fingerprint density at radius 3 is 2.28 bits per heavy atom. The summed E-state index contributed by atoms with van der Waals surface area (Å²) in [6, 6.07) is 19.9. The molecule has 4 heteroatoms. The first kappa shape index (κ1) is 25.3. The van der Waals surface area contributed by atoms with Crippen LogP contribution in [0.4, 0.5) is 10.5 Å². The summed E-state index contributed by atoms with van der Waals surface area (Å²) in [5, 5.41) is 0. The van der Waals surface area contributed by atoms with Crippen LogP contribution < -0.4 is 4.90 Å². The van der Waals surface area contributed by atoms with E-state index in [1.54, 1.807) is 0 Å². The SMILES string of the molecule is CCCCCCN1C(=O)N(C2CCN(CC3CCCCC3)CC2)C(c2ccccc2)c2ccccc21. The van der Waals surface area contributed by atoms with Gasteiger partial charge in [-0.05, 0) is 49.7 Å². The quantitative estimate of drug-likeness (QED) is 0.340. The standard InChI is InChI=1S/C32H45N3O/c1-2-3-4-13-22-34-30-19-12-11-18-29(30)31(27-16-9-6-10-17-27)35(32(34)36)28-20-23-33(24-21-28)25-26-14-7-5-8-15-26/h6,9-12,16-19,26,28,31H,2-5,7-8,13-15,20-25H2,1H3. The van der Waals surface area contributed by atoms with Crippen LogP contribution in [0.3, 0.4) is 0 Å². The Morgan fingerprint density at radius 1 is 0.806 bits per heavy atom. The van der Waals surface area contributed by atoms with Crippen LogP contribution in [-0.2, 0) is 0 Å². The Hall–Kier alpha value is -2.33. The summed E-state index contributed by atoms with van der Waals surface area (Å²) in [6.07, 6.45) is 13.9. The number of amides is 2. The van der Waals surface area contributed by atoms with Gasteiger partial charge in [-0.1, -0.05) is 94.0 Å². The lowest BCUT2D eigenvalue weighted by molar-refractivity contribution is 0.0926. The predicted molar refractivity (Wildman–Crippen MR) is 149 cm³/mol. The summed E-state index contributed by atoms with van der Waals surface area (Å²) in [5.41, 5.74) is 3.62. The molecule has 2 amide bonds. The topological polar surface area (TPSA) is 26.8 Å². The van der Waals surface area contributed by atoms with E-state index in [4.69, 9.17) is 0 Å². The number of carbonyl (C=O) groups excluding carboxylic acids is 1. The van der Waals surface area contributed by atoms with Gasteiger partial charge in [-0.15, -0.1) is 0 Å². The number of urea groups is 1. The molecule has 0 radical (unpaired) electrons. The van der Waals surface area contributed by atoms with Crippen molar-refractivity contribution in [2.45, 2.75) is 89.6 Å². The van der Waals surface area contributed by atoms with Crippen molar-refractivity contribution in [3.63, 3.8) is 0 Å². The largest absolute Gasteiger partial charge is 0.325 e. The molecule has 1 aliphatic carbocycles. The maximum atomic E-state index is 14.3. The predicted octanol–water partition coefficient (Wildman–Crippen LogP) is 7.64. The van der Waals surface area contributed by atoms with Crippen LogP contribution in [0.25, 0.3) is 0 Å². The van der Waals surface area contributed by atoms with Crippen molar-refractivity contribution in [2.75, 3.05) is 31.1 Å². The first-order chi connectivity index (χ1) is 17.8. The van der Waals surface area contributed by atoms with Crippen LogP contribution in [0.15, 0.2) is 54.6 Å². The number of anilines is 1. The van der Waals surface area contributed by atoms with E-state index in [9.17, 15) is 4.79 Å². The van der Waals surface area contributed by atoms with Gasteiger partial charge < -0.3 is 9.80 Å². The zero-order valence-electron chi connectivity index (χ0n) is 22.3. The Balaban J connectivity index is 1.38. The third-order valence-corrected chi connectivity index (χ3v) is 8.79. The van der Waals surface area contributed by atoms with E-state index in [0.29, 0.717) is 0 Å². The molecular formula is C32H45N3O. The molecule has 2 aromatic rings. The molecule has 1 saturated heterocycles. The second-order valence-corrected chi connectivity index (χ2v) is 11.3. The molecule has 0 N–H and O–H groups in total. The number of fused-ring (bicyclic) bond motifs is 1. The molecular weight excluding hydrogens is 442 g/mol. The van der Waals surface area contributed by atoms with Crippen LogP contribution >= 0.6 is 0 Å². The first-order valence-electron chi connectivity index (χ1n) is 14.7. The fourth-order valence-corrected chi connectivity index (χ4v) is 6.84. The molecule has 1 atom stereocenters. The number of hydrogen-bond acceptors (Lipinski definition) is 2. The molecule has 2 aromatic carbocycles. The van der Waals surface area contributed by atoms with E-state index in [-0.39, 0.29) is 18.1 Å². The number of rotatable bonds is 9.